The van der Waals surface area contributed by atoms with Crippen molar-refractivity contribution >= 4 is 5.97 Å². The number of ether oxygens (including phenoxy) is 2. The van der Waals surface area contributed by atoms with Gasteiger partial charge in [0.2, 0.25) is 0 Å². The molecule has 0 N–H and O–H groups in total. The van der Waals surface area contributed by atoms with Gasteiger partial charge in [-0.05, 0) is 54.3 Å². The Kier molecular flexibility index (Phi) is 5.69. The molecule has 0 radical (unpaired) electrons. The number of rotatable bonds is 6. The van der Waals surface area contributed by atoms with Gasteiger partial charge in [-0.3, -0.25) is 0 Å². The number of carbonyl (C=O) groups is 1. The van der Waals surface area contributed by atoms with E-state index in [0.717, 1.165) is 22.3 Å². The molecule has 1 atom stereocenters. The van der Waals surface area contributed by atoms with E-state index in [0.29, 0.717) is 12.4 Å². The Bertz CT molecular complexity index is 799. The zero-order chi connectivity index (χ0) is 18.4. The molecule has 3 heteroatoms. The van der Waals surface area contributed by atoms with Crippen molar-refractivity contribution < 1.29 is 14.3 Å². The van der Waals surface area contributed by atoms with Gasteiger partial charge in [-0.15, -0.1) is 0 Å². The summed E-state index contributed by atoms with van der Waals surface area (Å²) in [6, 6.07) is 26.3. The lowest BCUT2D eigenvalue weighted by Gasteiger charge is -2.16. The van der Waals surface area contributed by atoms with Crippen LogP contribution in [0.1, 0.15) is 13.8 Å². The van der Waals surface area contributed by atoms with Crippen LogP contribution < -0.4 is 4.74 Å². The maximum absolute atomic E-state index is 11.9. The molecule has 3 aromatic rings. The van der Waals surface area contributed by atoms with E-state index in [1.165, 1.54) is 0 Å². The van der Waals surface area contributed by atoms with Gasteiger partial charge in [0.15, 0.2) is 6.10 Å². The molecule has 0 unspecified atom stereocenters. The highest BCUT2D eigenvalue weighted by Crippen LogP contribution is 2.32. The van der Waals surface area contributed by atoms with Gasteiger partial charge in [-0.25, -0.2) is 4.79 Å². The van der Waals surface area contributed by atoms with E-state index < -0.39 is 6.10 Å². The smallest absolute Gasteiger partial charge is 0.347 e. The summed E-state index contributed by atoms with van der Waals surface area (Å²) in [5.74, 6) is 0.282. The largest absolute Gasteiger partial charge is 0.479 e. The summed E-state index contributed by atoms with van der Waals surface area (Å²) >= 11 is 0. The van der Waals surface area contributed by atoms with Gasteiger partial charge >= 0.3 is 5.97 Å². The van der Waals surface area contributed by atoms with Crippen LogP contribution in [-0.2, 0) is 9.53 Å². The van der Waals surface area contributed by atoms with Gasteiger partial charge in [-0.2, -0.15) is 0 Å². The summed E-state index contributed by atoms with van der Waals surface area (Å²) in [5, 5.41) is 0. The third-order valence-corrected chi connectivity index (χ3v) is 4.05. The van der Waals surface area contributed by atoms with Gasteiger partial charge in [0, 0.05) is 0 Å². The highest BCUT2D eigenvalue weighted by molar-refractivity contribution is 5.77. The first kappa shape index (κ1) is 17.7. The van der Waals surface area contributed by atoms with Crippen molar-refractivity contribution in [3.63, 3.8) is 0 Å². The lowest BCUT2D eigenvalue weighted by molar-refractivity contribution is -0.150. The Labute approximate surface area is 154 Å². The zero-order valence-corrected chi connectivity index (χ0v) is 15.0. The number of esters is 1. The molecule has 3 rings (SSSR count). The summed E-state index contributed by atoms with van der Waals surface area (Å²) in [6.07, 6.45) is -0.662. The highest BCUT2D eigenvalue weighted by atomic mass is 16.6. The summed E-state index contributed by atoms with van der Waals surface area (Å²) in [4.78, 5) is 11.9. The quantitative estimate of drug-likeness (QED) is 0.564. The minimum atomic E-state index is -0.662. The lowest BCUT2D eigenvalue weighted by Crippen LogP contribution is -2.26. The Morgan fingerprint density at radius 3 is 1.77 bits per heavy atom. The lowest BCUT2D eigenvalue weighted by atomic mass is 9.98. The molecule has 132 valence electrons. The first-order valence-electron chi connectivity index (χ1n) is 8.76. The van der Waals surface area contributed by atoms with Crippen LogP contribution in [-0.4, -0.2) is 18.7 Å². The molecular formula is C23H22O3. The zero-order valence-electron chi connectivity index (χ0n) is 15.0. The Morgan fingerprint density at radius 1 is 0.808 bits per heavy atom. The average Bonchev–Trinajstić information content (AvgIpc) is 2.69. The van der Waals surface area contributed by atoms with Gasteiger partial charge < -0.3 is 9.47 Å². The molecule has 0 spiro atoms. The summed E-state index contributed by atoms with van der Waals surface area (Å²) in [5.41, 5.74) is 4.27. The molecule has 0 fully saturated rings. The van der Waals surface area contributed by atoms with Crippen molar-refractivity contribution in [2.24, 2.45) is 0 Å². The molecular weight excluding hydrogens is 324 g/mol. The fourth-order valence-corrected chi connectivity index (χ4v) is 2.77. The molecule has 0 saturated carbocycles. The number of hydrogen-bond acceptors (Lipinski definition) is 3. The van der Waals surface area contributed by atoms with E-state index in [-0.39, 0.29) is 5.97 Å². The van der Waals surface area contributed by atoms with E-state index >= 15 is 0 Å². The standard InChI is InChI=1S/C23H22O3/c1-3-25-23(24)17(2)26-22-15-20(18-10-6-4-7-11-18)14-21(16-22)19-12-8-5-9-13-19/h4-17H,3H2,1-2H3/t17-/m1/s1. The van der Waals surface area contributed by atoms with Crippen molar-refractivity contribution in [1.82, 2.24) is 0 Å². The molecule has 0 amide bonds. The second-order valence-electron chi connectivity index (χ2n) is 5.99. The summed E-state index contributed by atoms with van der Waals surface area (Å²) < 4.78 is 10.9. The van der Waals surface area contributed by atoms with Crippen LogP contribution in [0, 0.1) is 0 Å². The molecule has 0 heterocycles. The van der Waals surface area contributed by atoms with Crippen LogP contribution in [0.3, 0.4) is 0 Å². The molecule has 3 nitrogen and oxygen atoms in total. The van der Waals surface area contributed by atoms with E-state index in [4.69, 9.17) is 9.47 Å². The summed E-state index contributed by atoms with van der Waals surface area (Å²) in [6.45, 7) is 3.83. The van der Waals surface area contributed by atoms with Crippen molar-refractivity contribution in [2.45, 2.75) is 20.0 Å². The molecule has 26 heavy (non-hydrogen) atoms. The third kappa shape index (κ3) is 4.31. The number of hydrogen-bond donors (Lipinski definition) is 0. The fraction of sp³-hybridized carbons (Fsp3) is 0.174. The Morgan fingerprint density at radius 2 is 1.31 bits per heavy atom. The van der Waals surface area contributed by atoms with Crippen molar-refractivity contribution in [1.29, 1.82) is 0 Å². The first-order chi connectivity index (χ1) is 12.7. The van der Waals surface area contributed by atoms with Gasteiger partial charge in [0.05, 0.1) is 6.61 Å². The van der Waals surface area contributed by atoms with E-state index in [1.54, 1.807) is 13.8 Å². The molecule has 0 aliphatic carbocycles. The van der Waals surface area contributed by atoms with Crippen molar-refractivity contribution in [3.05, 3.63) is 78.9 Å². The van der Waals surface area contributed by atoms with Crippen molar-refractivity contribution in [2.75, 3.05) is 6.61 Å². The molecule has 0 aromatic heterocycles. The molecule has 0 bridgehead atoms. The highest BCUT2D eigenvalue weighted by Gasteiger charge is 2.16. The van der Waals surface area contributed by atoms with Crippen LogP contribution in [0.4, 0.5) is 0 Å². The van der Waals surface area contributed by atoms with Crippen molar-refractivity contribution in [3.8, 4) is 28.0 Å². The predicted octanol–water partition coefficient (Wildman–Crippen LogP) is 5.35. The first-order valence-corrected chi connectivity index (χ1v) is 8.76. The number of benzene rings is 3. The molecule has 3 aromatic carbocycles. The summed E-state index contributed by atoms with van der Waals surface area (Å²) in [7, 11) is 0. The minimum Gasteiger partial charge on any atom is -0.479 e. The van der Waals surface area contributed by atoms with E-state index in [9.17, 15) is 4.79 Å². The third-order valence-electron chi connectivity index (χ3n) is 4.05. The fourth-order valence-electron chi connectivity index (χ4n) is 2.77. The molecule has 0 aliphatic rings. The van der Waals surface area contributed by atoms with E-state index in [2.05, 4.69) is 30.3 Å². The maximum atomic E-state index is 11.9. The molecule has 0 aliphatic heterocycles. The second kappa shape index (κ2) is 8.34. The van der Waals surface area contributed by atoms with Gasteiger partial charge in [0.25, 0.3) is 0 Å². The maximum Gasteiger partial charge on any atom is 0.347 e. The average molecular weight is 346 g/mol. The van der Waals surface area contributed by atoms with Gasteiger partial charge in [-0.1, -0.05) is 60.7 Å². The van der Waals surface area contributed by atoms with E-state index in [1.807, 2.05) is 48.5 Å². The van der Waals surface area contributed by atoms with Crippen LogP contribution >= 0.6 is 0 Å². The second-order valence-corrected chi connectivity index (χ2v) is 5.99. The monoisotopic (exact) mass is 346 g/mol. The van der Waals surface area contributed by atoms with Crippen LogP contribution in [0.2, 0.25) is 0 Å². The topological polar surface area (TPSA) is 35.5 Å². The van der Waals surface area contributed by atoms with Crippen LogP contribution in [0.15, 0.2) is 78.9 Å². The predicted molar refractivity (Wildman–Crippen MR) is 104 cm³/mol. The van der Waals surface area contributed by atoms with Gasteiger partial charge in [0.1, 0.15) is 5.75 Å². The SMILES string of the molecule is CCOC(=O)[C@@H](C)Oc1cc(-c2ccccc2)cc(-c2ccccc2)c1. The number of carbonyl (C=O) groups excluding carboxylic acids is 1. The minimum absolute atomic E-state index is 0.339. The Balaban J connectivity index is 1.99. The van der Waals surface area contributed by atoms with Crippen LogP contribution in [0.5, 0.6) is 5.75 Å². The Hall–Kier alpha value is -3.07. The van der Waals surface area contributed by atoms with Crippen LogP contribution in [0.25, 0.3) is 22.3 Å². The normalized spacial score (nSPS) is 11.6. The molecule has 0 saturated heterocycles.